The number of aromatic nitrogens is 4. The first-order valence-corrected chi connectivity index (χ1v) is 9.29. The molecule has 0 aromatic carbocycles. The van der Waals surface area contributed by atoms with Gasteiger partial charge in [0, 0.05) is 30.6 Å². The van der Waals surface area contributed by atoms with Crippen molar-refractivity contribution in [3.8, 4) is 0 Å². The Kier molecular flexibility index (Phi) is 5.00. The second-order valence-electron chi connectivity index (χ2n) is 7.44. The van der Waals surface area contributed by atoms with Crippen molar-refractivity contribution in [3.05, 3.63) is 35.0 Å². The maximum absolute atomic E-state index is 13.0. The molecule has 2 N–H and O–H groups in total. The summed E-state index contributed by atoms with van der Waals surface area (Å²) < 4.78 is 46.4. The van der Waals surface area contributed by atoms with Crippen molar-refractivity contribution in [1.82, 2.24) is 19.7 Å². The minimum Gasteiger partial charge on any atom is -0.393 e. The van der Waals surface area contributed by atoms with Gasteiger partial charge in [-0.25, -0.2) is 4.98 Å². The molecule has 1 aliphatic heterocycles. The summed E-state index contributed by atoms with van der Waals surface area (Å²) in [5.41, 5.74) is -0.441. The average Bonchev–Trinajstić information content (AvgIpc) is 3.22. The highest BCUT2D eigenvalue weighted by molar-refractivity contribution is 5.40. The first kappa shape index (κ1) is 19.1. The molecule has 1 saturated carbocycles. The highest BCUT2D eigenvalue weighted by Crippen LogP contribution is 2.38. The fourth-order valence-electron chi connectivity index (χ4n) is 4.01. The fraction of sp³-hybridized carbons (Fsp3) is 0.611. The van der Waals surface area contributed by atoms with Gasteiger partial charge in [-0.3, -0.25) is 0 Å². The van der Waals surface area contributed by atoms with Gasteiger partial charge < -0.3 is 19.7 Å². The zero-order chi connectivity index (χ0) is 19.9. The number of nitrogens with zero attached hydrogens (tertiary/aromatic N) is 4. The number of pyridine rings is 1. The summed E-state index contributed by atoms with van der Waals surface area (Å²) in [4.78, 5) is 4.13. The molecule has 2 aromatic heterocycles. The highest BCUT2D eigenvalue weighted by Gasteiger charge is 2.37. The van der Waals surface area contributed by atoms with E-state index in [1.54, 1.807) is 0 Å². The number of aliphatic hydroxyl groups is 1. The van der Waals surface area contributed by atoms with Gasteiger partial charge in [-0.05, 0) is 31.9 Å². The molecule has 0 spiro atoms. The van der Waals surface area contributed by atoms with E-state index in [0.717, 1.165) is 23.8 Å². The summed E-state index contributed by atoms with van der Waals surface area (Å²) >= 11 is 0. The van der Waals surface area contributed by atoms with E-state index in [4.69, 9.17) is 4.74 Å². The molecule has 7 nitrogen and oxygen atoms in total. The lowest BCUT2D eigenvalue weighted by Crippen LogP contribution is -2.22. The van der Waals surface area contributed by atoms with E-state index in [0.29, 0.717) is 44.8 Å². The van der Waals surface area contributed by atoms with E-state index in [2.05, 4.69) is 25.1 Å². The topological polar surface area (TPSA) is 85.1 Å². The molecule has 1 aliphatic carbocycles. The number of halogens is 3. The quantitative estimate of drug-likeness (QED) is 0.825. The average molecular weight is 397 g/mol. The van der Waals surface area contributed by atoms with Crippen molar-refractivity contribution in [2.75, 3.05) is 18.5 Å². The molecule has 2 aromatic rings. The molecule has 1 fully saturated rings. The molecule has 28 heavy (non-hydrogen) atoms. The lowest BCUT2D eigenvalue weighted by Gasteiger charge is -2.18. The van der Waals surface area contributed by atoms with Gasteiger partial charge in [0.1, 0.15) is 18.2 Å². The van der Waals surface area contributed by atoms with Crippen LogP contribution in [0.4, 0.5) is 19.0 Å². The van der Waals surface area contributed by atoms with Gasteiger partial charge >= 0.3 is 6.18 Å². The number of aliphatic hydroxyl groups excluding tert-OH is 1. The molecule has 4 rings (SSSR count). The smallest absolute Gasteiger partial charge is 0.393 e. The monoisotopic (exact) mass is 397 g/mol. The SMILES string of the molecule is Cc1cc(C(F)(F)F)cc(NC[C@@H]2C[C@@H](c3nnc4n3CCOC4)C[C@@H]2O)n1. The zero-order valence-electron chi connectivity index (χ0n) is 15.4. The van der Waals surface area contributed by atoms with Gasteiger partial charge in [0.25, 0.3) is 0 Å². The maximum atomic E-state index is 13.0. The Bertz CT molecular complexity index is 854. The molecule has 2 aliphatic rings. The lowest BCUT2D eigenvalue weighted by molar-refractivity contribution is -0.137. The molecule has 3 heterocycles. The first-order valence-electron chi connectivity index (χ1n) is 9.29. The number of hydrogen-bond donors (Lipinski definition) is 2. The number of anilines is 1. The van der Waals surface area contributed by atoms with Crippen LogP contribution in [0.1, 0.15) is 41.7 Å². The normalized spacial score (nSPS) is 25.0. The maximum Gasteiger partial charge on any atom is 0.416 e. The molecular weight excluding hydrogens is 375 g/mol. The highest BCUT2D eigenvalue weighted by atomic mass is 19.4. The molecule has 0 unspecified atom stereocenters. The van der Waals surface area contributed by atoms with Crippen molar-refractivity contribution < 1.29 is 23.0 Å². The van der Waals surface area contributed by atoms with E-state index in [-0.39, 0.29) is 17.7 Å². The third kappa shape index (κ3) is 3.83. The molecule has 10 heteroatoms. The summed E-state index contributed by atoms with van der Waals surface area (Å²) in [5, 5.41) is 21.9. The van der Waals surface area contributed by atoms with Gasteiger partial charge in [-0.15, -0.1) is 10.2 Å². The molecule has 0 bridgehead atoms. The Morgan fingerprint density at radius 3 is 2.89 bits per heavy atom. The van der Waals surface area contributed by atoms with Crippen LogP contribution >= 0.6 is 0 Å². The van der Waals surface area contributed by atoms with Crippen LogP contribution < -0.4 is 5.32 Å². The Morgan fingerprint density at radius 1 is 1.29 bits per heavy atom. The second-order valence-corrected chi connectivity index (χ2v) is 7.44. The van der Waals surface area contributed by atoms with Crippen molar-refractivity contribution in [2.45, 2.75) is 51.1 Å². The van der Waals surface area contributed by atoms with Gasteiger partial charge in [-0.2, -0.15) is 13.2 Å². The third-order valence-electron chi connectivity index (χ3n) is 5.40. The van der Waals surface area contributed by atoms with Crippen LogP contribution in [0.15, 0.2) is 12.1 Å². The molecule has 152 valence electrons. The van der Waals surface area contributed by atoms with Crippen LogP contribution in [0.5, 0.6) is 0 Å². The number of rotatable bonds is 4. The summed E-state index contributed by atoms with van der Waals surface area (Å²) in [6.07, 6.45) is -3.73. The lowest BCUT2D eigenvalue weighted by atomic mass is 10.0. The molecule has 3 atom stereocenters. The summed E-state index contributed by atoms with van der Waals surface area (Å²) in [6, 6.07) is 2.02. The van der Waals surface area contributed by atoms with E-state index >= 15 is 0 Å². The summed E-state index contributed by atoms with van der Waals surface area (Å²) in [6.45, 7) is 3.61. The van der Waals surface area contributed by atoms with E-state index < -0.39 is 17.8 Å². The number of aryl methyl sites for hydroxylation is 1. The zero-order valence-corrected chi connectivity index (χ0v) is 15.4. The van der Waals surface area contributed by atoms with Crippen molar-refractivity contribution in [3.63, 3.8) is 0 Å². The molecule has 0 amide bonds. The van der Waals surface area contributed by atoms with Crippen molar-refractivity contribution in [1.29, 1.82) is 0 Å². The Labute approximate surface area is 159 Å². The minimum absolute atomic E-state index is 0.0670. The number of nitrogens with one attached hydrogen (secondary N) is 1. The van der Waals surface area contributed by atoms with Crippen LogP contribution in [0.3, 0.4) is 0 Å². The number of alkyl halides is 3. The van der Waals surface area contributed by atoms with Crippen LogP contribution in [-0.4, -0.2) is 44.1 Å². The second kappa shape index (κ2) is 7.32. The van der Waals surface area contributed by atoms with Crippen LogP contribution in [0.25, 0.3) is 0 Å². The minimum atomic E-state index is -4.42. The van der Waals surface area contributed by atoms with Gasteiger partial charge in [0.05, 0.1) is 18.3 Å². The molecule has 0 saturated heterocycles. The predicted octanol–water partition coefficient (Wildman–Crippen LogP) is 2.50. The van der Waals surface area contributed by atoms with Crippen LogP contribution in [0, 0.1) is 12.8 Å². The Hall–Kier alpha value is -2.20. The standard InChI is InChI=1S/C18H22F3N5O2/c1-10-4-13(18(19,20)21)7-15(23-10)22-8-12-5-11(6-14(12)27)17-25-24-16-9-28-3-2-26(16)17/h4,7,11-12,14,27H,2-3,5-6,8-9H2,1H3,(H,22,23)/t11-,12+,14+/m1/s1. The number of fused-ring (bicyclic) bond motifs is 1. The number of hydrogen-bond acceptors (Lipinski definition) is 6. The van der Waals surface area contributed by atoms with Crippen molar-refractivity contribution >= 4 is 5.82 Å². The first-order chi connectivity index (χ1) is 13.3. The summed E-state index contributed by atoms with van der Waals surface area (Å²) in [7, 11) is 0. The molecule has 0 radical (unpaired) electrons. The third-order valence-corrected chi connectivity index (χ3v) is 5.40. The largest absolute Gasteiger partial charge is 0.416 e. The summed E-state index contributed by atoms with van der Waals surface area (Å²) in [5.74, 6) is 1.78. The predicted molar refractivity (Wildman–Crippen MR) is 93.6 cm³/mol. The van der Waals surface area contributed by atoms with Gasteiger partial charge in [-0.1, -0.05) is 0 Å². The van der Waals surface area contributed by atoms with E-state index in [1.807, 2.05) is 0 Å². The van der Waals surface area contributed by atoms with Crippen LogP contribution in [0.2, 0.25) is 0 Å². The Balaban J connectivity index is 1.43. The van der Waals surface area contributed by atoms with Gasteiger partial charge in [0.15, 0.2) is 5.82 Å². The molecular formula is C18H22F3N5O2. The fourth-order valence-corrected chi connectivity index (χ4v) is 4.01. The van der Waals surface area contributed by atoms with Crippen LogP contribution in [-0.2, 0) is 24.1 Å². The number of ether oxygens (including phenoxy) is 1. The Morgan fingerprint density at radius 2 is 2.11 bits per heavy atom. The van der Waals surface area contributed by atoms with E-state index in [9.17, 15) is 18.3 Å². The van der Waals surface area contributed by atoms with E-state index in [1.165, 1.54) is 6.92 Å². The van der Waals surface area contributed by atoms with Crippen molar-refractivity contribution in [2.24, 2.45) is 5.92 Å². The van der Waals surface area contributed by atoms with Gasteiger partial charge in [0.2, 0.25) is 0 Å².